The third kappa shape index (κ3) is 4.58. The first-order chi connectivity index (χ1) is 9.83. The molecule has 0 amide bonds. The van der Waals surface area contributed by atoms with Crippen molar-refractivity contribution >= 4 is 0 Å². The molecule has 0 unspecified atom stereocenters. The molecule has 1 saturated heterocycles. The molecule has 3 nitrogen and oxygen atoms in total. The van der Waals surface area contributed by atoms with Crippen molar-refractivity contribution in [1.82, 2.24) is 10.2 Å². The molecule has 0 aromatic heterocycles. The number of likely N-dealkylation sites (tertiary alicyclic amines) is 1. The Kier molecular flexibility index (Phi) is 6.51. The van der Waals surface area contributed by atoms with Crippen molar-refractivity contribution in [2.45, 2.75) is 45.4 Å². The molecule has 0 radical (unpaired) electrons. The predicted octanol–water partition coefficient (Wildman–Crippen LogP) is 2.80. The Bertz CT molecular complexity index is 386. The number of hydrogen-bond donors (Lipinski definition) is 1. The second kappa shape index (κ2) is 8.40. The van der Waals surface area contributed by atoms with Crippen LogP contribution in [0.2, 0.25) is 0 Å². The van der Waals surface area contributed by atoms with Gasteiger partial charge in [0.1, 0.15) is 0 Å². The molecule has 1 aliphatic heterocycles. The first-order valence-corrected chi connectivity index (χ1v) is 7.86. The van der Waals surface area contributed by atoms with E-state index in [9.17, 15) is 0 Å². The fraction of sp³-hybridized carbons (Fsp3) is 0.647. The first kappa shape index (κ1) is 15.5. The molecule has 1 aromatic rings. The molecule has 20 heavy (non-hydrogen) atoms. The van der Waals surface area contributed by atoms with Gasteiger partial charge >= 0.3 is 0 Å². The number of nitrogens with one attached hydrogen (secondary N) is 1. The van der Waals surface area contributed by atoms with E-state index in [0.717, 1.165) is 45.6 Å². The molecule has 3 heteroatoms. The maximum absolute atomic E-state index is 5.44. The highest BCUT2D eigenvalue weighted by Crippen LogP contribution is 2.17. The van der Waals surface area contributed by atoms with Crippen molar-refractivity contribution in [1.29, 1.82) is 0 Å². The van der Waals surface area contributed by atoms with Gasteiger partial charge in [0.05, 0.1) is 6.10 Å². The topological polar surface area (TPSA) is 24.5 Å². The van der Waals surface area contributed by atoms with E-state index in [4.69, 9.17) is 4.74 Å². The van der Waals surface area contributed by atoms with E-state index in [-0.39, 0.29) is 0 Å². The lowest BCUT2D eigenvalue weighted by Crippen LogP contribution is -2.36. The van der Waals surface area contributed by atoms with Crippen LogP contribution in [0.15, 0.2) is 24.3 Å². The maximum Gasteiger partial charge on any atom is 0.0595 e. The summed E-state index contributed by atoms with van der Waals surface area (Å²) in [5.74, 6) is 0. The van der Waals surface area contributed by atoms with Crippen LogP contribution in [-0.2, 0) is 17.8 Å². The lowest BCUT2D eigenvalue weighted by molar-refractivity contribution is 0.0388. The van der Waals surface area contributed by atoms with Crippen molar-refractivity contribution in [3.05, 3.63) is 35.4 Å². The normalized spacial score (nSPS) is 17.5. The lowest BCUT2D eigenvalue weighted by Gasteiger charge is -2.31. The summed E-state index contributed by atoms with van der Waals surface area (Å²) in [6.07, 6.45) is 3.97. The molecule has 0 bridgehead atoms. The van der Waals surface area contributed by atoms with E-state index in [1.807, 2.05) is 7.11 Å². The van der Waals surface area contributed by atoms with Gasteiger partial charge in [0, 0.05) is 33.3 Å². The average Bonchev–Trinajstić information content (AvgIpc) is 2.50. The summed E-state index contributed by atoms with van der Waals surface area (Å²) in [7, 11) is 1.83. The highest BCUT2D eigenvalue weighted by molar-refractivity contribution is 5.27. The fourth-order valence-electron chi connectivity index (χ4n) is 2.83. The lowest BCUT2D eigenvalue weighted by atomic mass is 10.0. The molecular formula is C17H28N2O. The molecule has 1 fully saturated rings. The summed E-state index contributed by atoms with van der Waals surface area (Å²) in [6.45, 7) is 7.65. The van der Waals surface area contributed by atoms with Crippen molar-refractivity contribution in [3.8, 4) is 0 Å². The van der Waals surface area contributed by atoms with Crippen molar-refractivity contribution in [2.75, 3.05) is 26.7 Å². The third-order valence-electron chi connectivity index (χ3n) is 4.12. The van der Waals surface area contributed by atoms with Crippen LogP contribution in [0.1, 0.15) is 37.3 Å². The molecular weight excluding hydrogens is 248 g/mol. The van der Waals surface area contributed by atoms with Gasteiger partial charge in [-0.2, -0.15) is 0 Å². The summed E-state index contributed by atoms with van der Waals surface area (Å²) in [5.41, 5.74) is 2.90. The molecule has 0 saturated carbocycles. The minimum absolute atomic E-state index is 0.465. The Balaban J connectivity index is 1.88. The van der Waals surface area contributed by atoms with Gasteiger partial charge in [-0.25, -0.2) is 0 Å². The largest absolute Gasteiger partial charge is 0.381 e. The molecule has 1 aliphatic rings. The van der Waals surface area contributed by atoms with E-state index in [1.54, 1.807) is 0 Å². The zero-order valence-electron chi connectivity index (χ0n) is 12.9. The molecule has 0 atom stereocenters. The number of methoxy groups -OCH3 is 1. The Morgan fingerprint density at radius 1 is 1.20 bits per heavy atom. The fourth-order valence-corrected chi connectivity index (χ4v) is 2.83. The first-order valence-electron chi connectivity index (χ1n) is 7.86. The summed E-state index contributed by atoms with van der Waals surface area (Å²) in [6, 6.07) is 8.81. The standard InChI is InChI=1S/C17H28N2O/c1-3-10-18-13-15-6-4-5-7-16(15)14-19-11-8-17(20-2)9-12-19/h4-7,17-18H,3,8-14H2,1-2H3. The molecule has 0 aliphatic carbocycles. The van der Waals surface area contributed by atoms with Gasteiger partial charge in [0.25, 0.3) is 0 Å². The minimum Gasteiger partial charge on any atom is -0.381 e. The van der Waals surface area contributed by atoms with Gasteiger partial charge in [-0.3, -0.25) is 4.90 Å². The van der Waals surface area contributed by atoms with Crippen LogP contribution in [0.4, 0.5) is 0 Å². The van der Waals surface area contributed by atoms with Crippen LogP contribution < -0.4 is 5.32 Å². The van der Waals surface area contributed by atoms with Crippen LogP contribution >= 0.6 is 0 Å². The zero-order chi connectivity index (χ0) is 14.2. The zero-order valence-corrected chi connectivity index (χ0v) is 12.9. The van der Waals surface area contributed by atoms with Gasteiger partial charge in [0.15, 0.2) is 0 Å². The number of ether oxygens (including phenoxy) is 1. The van der Waals surface area contributed by atoms with E-state index in [1.165, 1.54) is 17.5 Å². The second-order valence-electron chi connectivity index (χ2n) is 5.66. The van der Waals surface area contributed by atoms with Gasteiger partial charge in [-0.05, 0) is 36.9 Å². The summed E-state index contributed by atoms with van der Waals surface area (Å²) >= 11 is 0. The maximum atomic E-state index is 5.44. The highest BCUT2D eigenvalue weighted by Gasteiger charge is 2.19. The SMILES string of the molecule is CCCNCc1ccccc1CN1CCC(OC)CC1. The molecule has 0 spiro atoms. The van der Waals surface area contributed by atoms with E-state index >= 15 is 0 Å². The quantitative estimate of drug-likeness (QED) is 0.775. The number of hydrogen-bond acceptors (Lipinski definition) is 3. The predicted molar refractivity (Wildman–Crippen MR) is 83.7 cm³/mol. The van der Waals surface area contributed by atoms with Crippen LogP contribution in [-0.4, -0.2) is 37.7 Å². The van der Waals surface area contributed by atoms with Crippen LogP contribution in [0, 0.1) is 0 Å². The number of rotatable bonds is 7. The molecule has 2 rings (SSSR count). The molecule has 1 aromatic carbocycles. The van der Waals surface area contributed by atoms with E-state index in [0.29, 0.717) is 6.10 Å². The molecule has 1 heterocycles. The van der Waals surface area contributed by atoms with Crippen molar-refractivity contribution in [2.24, 2.45) is 0 Å². The highest BCUT2D eigenvalue weighted by atomic mass is 16.5. The Morgan fingerprint density at radius 2 is 1.90 bits per heavy atom. The van der Waals surface area contributed by atoms with Gasteiger partial charge < -0.3 is 10.1 Å². The van der Waals surface area contributed by atoms with Crippen molar-refractivity contribution in [3.63, 3.8) is 0 Å². The Morgan fingerprint density at radius 3 is 2.55 bits per heavy atom. The van der Waals surface area contributed by atoms with E-state index in [2.05, 4.69) is 41.4 Å². The van der Waals surface area contributed by atoms with Gasteiger partial charge in [-0.1, -0.05) is 31.2 Å². The summed E-state index contributed by atoms with van der Waals surface area (Å²) in [5, 5.41) is 3.51. The molecule has 112 valence electrons. The van der Waals surface area contributed by atoms with Gasteiger partial charge in [-0.15, -0.1) is 0 Å². The summed E-state index contributed by atoms with van der Waals surface area (Å²) in [4.78, 5) is 2.55. The van der Waals surface area contributed by atoms with Gasteiger partial charge in [0.2, 0.25) is 0 Å². The van der Waals surface area contributed by atoms with E-state index < -0.39 is 0 Å². The van der Waals surface area contributed by atoms with Crippen LogP contribution in [0.3, 0.4) is 0 Å². The molecule has 1 N–H and O–H groups in total. The third-order valence-corrected chi connectivity index (χ3v) is 4.12. The van der Waals surface area contributed by atoms with Crippen LogP contribution in [0.25, 0.3) is 0 Å². The summed E-state index contributed by atoms with van der Waals surface area (Å²) < 4.78 is 5.44. The Labute approximate surface area is 123 Å². The smallest absolute Gasteiger partial charge is 0.0595 e. The van der Waals surface area contributed by atoms with Crippen molar-refractivity contribution < 1.29 is 4.74 Å². The Hall–Kier alpha value is -0.900. The second-order valence-corrected chi connectivity index (χ2v) is 5.66. The number of benzene rings is 1. The average molecular weight is 276 g/mol. The number of piperidine rings is 1. The monoisotopic (exact) mass is 276 g/mol. The number of nitrogens with zero attached hydrogens (tertiary/aromatic N) is 1. The van der Waals surface area contributed by atoms with Crippen LogP contribution in [0.5, 0.6) is 0 Å². The minimum atomic E-state index is 0.465.